The van der Waals surface area contributed by atoms with Crippen molar-refractivity contribution < 1.29 is 34.5 Å². The van der Waals surface area contributed by atoms with Crippen molar-refractivity contribution in [3.05, 3.63) is 28.8 Å². The molecule has 3 saturated carbocycles. The number of hydrogen-bond donors (Lipinski definition) is 4. The van der Waals surface area contributed by atoms with Gasteiger partial charge in [-0.3, -0.25) is 19.2 Å². The third-order valence-corrected chi connectivity index (χ3v) is 9.82. The molecule has 9 heteroatoms. The lowest BCUT2D eigenvalue weighted by Crippen LogP contribution is -2.75. The van der Waals surface area contributed by atoms with Gasteiger partial charge >= 0.3 is 0 Å². The van der Waals surface area contributed by atoms with Crippen molar-refractivity contribution in [2.75, 3.05) is 14.1 Å². The average Bonchev–Trinajstić information content (AvgIpc) is 2.86. The molecule has 9 nitrogen and oxygen atoms in total. The number of carbonyl (C=O) groups excluding carboxylic acids is 4. The van der Waals surface area contributed by atoms with Crippen molar-refractivity contribution in [2.24, 2.45) is 35.3 Å². The van der Waals surface area contributed by atoms with Crippen LogP contribution in [-0.2, 0) is 27.2 Å². The van der Waals surface area contributed by atoms with Gasteiger partial charge in [0.25, 0.3) is 0 Å². The minimum atomic E-state index is -2.63. The van der Waals surface area contributed by atoms with Gasteiger partial charge in [0.05, 0.1) is 17.6 Å². The Morgan fingerprint density at radius 1 is 1.11 bits per heavy atom. The van der Waals surface area contributed by atoms with Crippen LogP contribution >= 0.6 is 0 Å². The van der Waals surface area contributed by atoms with Crippen LogP contribution < -0.4 is 5.73 Å². The van der Waals surface area contributed by atoms with E-state index in [2.05, 4.69) is 0 Å². The van der Waals surface area contributed by atoms with Gasteiger partial charge in [-0.05, 0) is 68.8 Å². The van der Waals surface area contributed by atoms with E-state index in [1.807, 2.05) is 6.07 Å². The van der Waals surface area contributed by atoms with Crippen LogP contribution in [0.1, 0.15) is 66.4 Å². The minimum Gasteiger partial charge on any atom is -0.507 e. The summed E-state index contributed by atoms with van der Waals surface area (Å²) < 4.78 is 0. The standard InChI is InChI=1S/C29H38N2O7/c1-31(2)23-18-13-16-12-17-15(9-8-14-6-4-3-5-7-14)10-11-19(32)21(17)24(33)20(16)26(35)29(18,38)27(36)22(25(23)34)28(30)37/h10-11,14,16,18,20,22-23,25,32,34,38H,3-9,12-13H2,1-2H3,(H2,30,37)/t16-,18-,20?,22?,23-,25?,29-/m1/s1. The fourth-order valence-electron chi connectivity index (χ4n) is 7.96. The highest BCUT2D eigenvalue weighted by Crippen LogP contribution is 2.51. The van der Waals surface area contributed by atoms with E-state index in [0.29, 0.717) is 12.3 Å². The summed E-state index contributed by atoms with van der Waals surface area (Å²) in [6.07, 6.45) is 6.91. The lowest BCUT2D eigenvalue weighted by atomic mass is 9.52. The molecule has 4 aliphatic carbocycles. The molecule has 0 radical (unpaired) electrons. The Bertz CT molecular complexity index is 1170. The first kappa shape index (κ1) is 27.0. The first-order chi connectivity index (χ1) is 18.0. The summed E-state index contributed by atoms with van der Waals surface area (Å²) >= 11 is 0. The highest BCUT2D eigenvalue weighted by Gasteiger charge is 2.69. The predicted octanol–water partition coefficient (Wildman–Crippen LogP) is 1.17. The van der Waals surface area contributed by atoms with Crippen LogP contribution in [0.4, 0.5) is 0 Å². The highest BCUT2D eigenvalue weighted by atomic mass is 16.3. The number of rotatable bonds is 5. The molecule has 206 valence electrons. The van der Waals surface area contributed by atoms with Gasteiger partial charge in [0.15, 0.2) is 23.0 Å². The number of aliphatic hydroxyl groups excluding tert-OH is 1. The van der Waals surface area contributed by atoms with E-state index in [1.165, 1.54) is 38.2 Å². The Morgan fingerprint density at radius 2 is 1.79 bits per heavy atom. The SMILES string of the molecule is CN(C)[C@H]1C(O)C(C(N)=O)C(=O)[C@]2(O)C(=O)C3C(=O)c4c(O)ccc(CCC5CCCCC5)c4C[C@@H]3C[C@H]12. The third kappa shape index (κ3) is 4.01. The van der Waals surface area contributed by atoms with Crippen LogP contribution in [0.3, 0.4) is 0 Å². The summed E-state index contributed by atoms with van der Waals surface area (Å²) in [6.45, 7) is 0. The normalized spacial score (nSPS) is 35.6. The smallest absolute Gasteiger partial charge is 0.230 e. The molecule has 0 bridgehead atoms. The number of benzene rings is 1. The molecule has 0 aliphatic heterocycles. The van der Waals surface area contributed by atoms with Crippen LogP contribution in [0, 0.1) is 29.6 Å². The van der Waals surface area contributed by atoms with Crippen molar-refractivity contribution >= 4 is 23.3 Å². The average molecular weight is 527 g/mol. The van der Waals surface area contributed by atoms with Gasteiger partial charge in [0.1, 0.15) is 11.7 Å². The van der Waals surface area contributed by atoms with Crippen molar-refractivity contribution in [1.29, 1.82) is 0 Å². The third-order valence-electron chi connectivity index (χ3n) is 9.82. The summed E-state index contributed by atoms with van der Waals surface area (Å²) in [5.74, 6) is -8.01. The van der Waals surface area contributed by atoms with Gasteiger partial charge in [-0.2, -0.15) is 0 Å². The molecule has 3 fully saturated rings. The molecular weight excluding hydrogens is 488 g/mol. The Morgan fingerprint density at radius 3 is 2.42 bits per heavy atom. The van der Waals surface area contributed by atoms with E-state index in [0.717, 1.165) is 24.0 Å². The topological polar surface area (TPSA) is 158 Å². The zero-order valence-electron chi connectivity index (χ0n) is 22.1. The van der Waals surface area contributed by atoms with Crippen LogP contribution in [0.5, 0.6) is 5.75 Å². The maximum absolute atomic E-state index is 13.9. The molecule has 38 heavy (non-hydrogen) atoms. The number of fused-ring (bicyclic) bond motifs is 3. The monoisotopic (exact) mass is 526 g/mol. The largest absolute Gasteiger partial charge is 0.507 e. The number of phenolic OH excluding ortho intramolecular Hbond substituents is 1. The van der Waals surface area contributed by atoms with Gasteiger partial charge < -0.3 is 26.0 Å². The van der Waals surface area contributed by atoms with Gasteiger partial charge in [-0.25, -0.2) is 0 Å². The Hall–Kier alpha value is -2.62. The molecule has 5 rings (SSSR count). The number of likely N-dealkylation sites (N-methyl/N-ethyl adjacent to an activating group) is 1. The number of aryl methyl sites for hydroxylation is 1. The molecule has 7 atom stereocenters. The number of primary amides is 1. The predicted molar refractivity (Wildman–Crippen MR) is 137 cm³/mol. The number of phenols is 1. The summed E-state index contributed by atoms with van der Waals surface area (Å²) in [6, 6.07) is 2.46. The molecule has 0 aromatic heterocycles. The molecule has 0 spiro atoms. The second-order valence-corrected chi connectivity index (χ2v) is 12.1. The number of aromatic hydroxyl groups is 1. The first-order valence-electron chi connectivity index (χ1n) is 13.8. The Labute approximate surface area is 222 Å². The molecular formula is C29H38N2O7. The number of amides is 1. The van der Waals surface area contributed by atoms with Crippen LogP contribution in [0.15, 0.2) is 12.1 Å². The molecule has 0 heterocycles. The van der Waals surface area contributed by atoms with Gasteiger partial charge in [-0.15, -0.1) is 0 Å². The fraction of sp³-hybridized carbons (Fsp3) is 0.655. The number of ketones is 3. The van der Waals surface area contributed by atoms with Crippen LogP contribution in [0.2, 0.25) is 0 Å². The maximum Gasteiger partial charge on any atom is 0.230 e. The van der Waals surface area contributed by atoms with E-state index >= 15 is 0 Å². The molecule has 5 N–H and O–H groups in total. The molecule has 1 aromatic carbocycles. The summed E-state index contributed by atoms with van der Waals surface area (Å²) in [5, 5.41) is 33.4. The number of Topliss-reactive ketones (excluding diaryl/α,β-unsaturated/α-hetero) is 3. The van der Waals surface area contributed by atoms with Crippen molar-refractivity contribution in [3.8, 4) is 5.75 Å². The number of nitrogens with two attached hydrogens (primary N) is 1. The number of hydrogen-bond acceptors (Lipinski definition) is 8. The summed E-state index contributed by atoms with van der Waals surface area (Å²) in [4.78, 5) is 54.8. The quantitative estimate of drug-likeness (QED) is 0.416. The van der Waals surface area contributed by atoms with Crippen LogP contribution in [0.25, 0.3) is 0 Å². The van der Waals surface area contributed by atoms with Gasteiger partial charge in [0.2, 0.25) is 5.91 Å². The lowest BCUT2D eigenvalue weighted by Gasteiger charge is -2.54. The van der Waals surface area contributed by atoms with Crippen LogP contribution in [-0.4, -0.2) is 75.3 Å². The second kappa shape index (κ2) is 9.84. The minimum absolute atomic E-state index is 0.0988. The summed E-state index contributed by atoms with van der Waals surface area (Å²) in [5.41, 5.74) is 4.61. The van der Waals surface area contributed by atoms with Gasteiger partial charge in [0, 0.05) is 12.0 Å². The lowest BCUT2D eigenvalue weighted by molar-refractivity contribution is -0.190. The number of nitrogens with zero attached hydrogens (tertiary/aromatic N) is 1. The van der Waals surface area contributed by atoms with E-state index in [9.17, 15) is 34.5 Å². The van der Waals surface area contributed by atoms with E-state index in [4.69, 9.17) is 5.73 Å². The van der Waals surface area contributed by atoms with Crippen molar-refractivity contribution in [2.45, 2.75) is 75.5 Å². The first-order valence-corrected chi connectivity index (χ1v) is 13.8. The Balaban J connectivity index is 1.52. The molecule has 1 amide bonds. The summed E-state index contributed by atoms with van der Waals surface area (Å²) in [7, 11) is 3.28. The molecule has 4 aliphatic rings. The second-order valence-electron chi connectivity index (χ2n) is 12.1. The van der Waals surface area contributed by atoms with Crippen molar-refractivity contribution in [1.82, 2.24) is 4.90 Å². The van der Waals surface area contributed by atoms with Crippen molar-refractivity contribution in [3.63, 3.8) is 0 Å². The zero-order chi connectivity index (χ0) is 27.5. The van der Waals surface area contributed by atoms with Gasteiger partial charge in [-0.1, -0.05) is 38.2 Å². The van der Waals surface area contributed by atoms with E-state index < -0.39 is 64.7 Å². The van der Waals surface area contributed by atoms with E-state index in [1.54, 1.807) is 19.0 Å². The Kier molecular flexibility index (Phi) is 6.99. The van der Waals surface area contributed by atoms with E-state index in [-0.39, 0.29) is 17.7 Å². The maximum atomic E-state index is 13.9. The fourth-order valence-corrected chi connectivity index (χ4v) is 7.96. The number of aliphatic hydroxyl groups is 2. The molecule has 0 saturated heterocycles. The number of carbonyl (C=O) groups is 4. The zero-order valence-corrected chi connectivity index (χ0v) is 22.1. The highest BCUT2D eigenvalue weighted by molar-refractivity contribution is 6.25. The molecule has 3 unspecified atom stereocenters. The molecule has 1 aromatic rings.